The van der Waals surface area contributed by atoms with Gasteiger partial charge in [-0.2, -0.15) is 0 Å². The number of nitrogens with one attached hydrogen (secondary N) is 3. The van der Waals surface area contributed by atoms with Crippen LogP contribution in [0.2, 0.25) is 0 Å². The molecule has 1 aliphatic heterocycles. The van der Waals surface area contributed by atoms with Crippen LogP contribution in [0.25, 0.3) is 10.9 Å². The van der Waals surface area contributed by atoms with Crippen molar-refractivity contribution in [2.75, 3.05) is 18.4 Å². The molecule has 2 aromatic heterocycles. The zero-order valence-corrected chi connectivity index (χ0v) is 15.2. The molecule has 0 radical (unpaired) electrons. The normalized spacial score (nSPS) is 17.2. The molecular formula is C20H22FN5O. The van der Waals surface area contributed by atoms with E-state index in [4.69, 9.17) is 0 Å². The summed E-state index contributed by atoms with van der Waals surface area (Å²) in [6.07, 6.45) is 2.26. The van der Waals surface area contributed by atoms with E-state index in [1.165, 1.54) is 12.1 Å². The predicted molar refractivity (Wildman–Crippen MR) is 103 cm³/mol. The number of rotatable bonds is 4. The van der Waals surface area contributed by atoms with Crippen molar-refractivity contribution in [1.29, 1.82) is 0 Å². The average molecular weight is 367 g/mol. The summed E-state index contributed by atoms with van der Waals surface area (Å²) in [6.45, 7) is 4.20. The fourth-order valence-corrected chi connectivity index (χ4v) is 3.53. The fraction of sp³-hybridized carbons (Fsp3) is 0.350. The molecule has 0 bridgehead atoms. The molecule has 0 saturated carbocycles. The van der Waals surface area contributed by atoms with Crippen molar-refractivity contribution in [3.05, 3.63) is 63.6 Å². The third kappa shape index (κ3) is 3.98. The number of anilines is 1. The minimum Gasteiger partial charge on any atom is -0.366 e. The first-order valence-electron chi connectivity index (χ1n) is 9.20. The maximum atomic E-state index is 13.3. The summed E-state index contributed by atoms with van der Waals surface area (Å²) in [5.74, 6) is 1.44. The van der Waals surface area contributed by atoms with E-state index in [1.807, 2.05) is 13.0 Å². The summed E-state index contributed by atoms with van der Waals surface area (Å²) in [5.41, 5.74) is 1.86. The van der Waals surface area contributed by atoms with Crippen LogP contribution in [0.3, 0.4) is 0 Å². The standard InChI is InChI=1S/C20H22FN5O/c1-12-24-18(14-3-2-6-22-10-14)9-19(25-12)23-11-15-7-13-4-5-16(21)8-17(13)26-20(15)27/h4-5,7-9,14,22H,2-3,6,10-11H2,1H3,(H,26,27)(H,23,24,25). The summed E-state index contributed by atoms with van der Waals surface area (Å²) in [5, 5.41) is 7.43. The van der Waals surface area contributed by atoms with E-state index >= 15 is 0 Å². The molecule has 27 heavy (non-hydrogen) atoms. The molecule has 7 heteroatoms. The number of hydrogen-bond donors (Lipinski definition) is 3. The molecule has 3 heterocycles. The number of H-pyrrole nitrogens is 1. The minimum atomic E-state index is -0.370. The predicted octanol–water partition coefficient (Wildman–Crippen LogP) is 2.84. The Morgan fingerprint density at radius 2 is 2.15 bits per heavy atom. The molecule has 0 aliphatic carbocycles. The highest BCUT2D eigenvalue weighted by atomic mass is 19.1. The topological polar surface area (TPSA) is 82.7 Å². The van der Waals surface area contributed by atoms with Gasteiger partial charge in [-0.05, 0) is 56.0 Å². The lowest BCUT2D eigenvalue weighted by atomic mass is 9.96. The molecular weight excluding hydrogens is 345 g/mol. The Morgan fingerprint density at radius 1 is 1.26 bits per heavy atom. The number of aromatic nitrogens is 3. The highest BCUT2D eigenvalue weighted by Gasteiger charge is 2.17. The summed E-state index contributed by atoms with van der Waals surface area (Å²) < 4.78 is 13.3. The number of fused-ring (bicyclic) bond motifs is 1. The first-order valence-corrected chi connectivity index (χ1v) is 9.20. The van der Waals surface area contributed by atoms with Gasteiger partial charge in [0.1, 0.15) is 17.5 Å². The summed E-state index contributed by atoms with van der Waals surface area (Å²) in [7, 11) is 0. The van der Waals surface area contributed by atoms with Gasteiger partial charge in [0.05, 0.1) is 11.2 Å². The molecule has 1 aromatic carbocycles. The third-order valence-corrected chi connectivity index (χ3v) is 4.92. The molecule has 1 unspecified atom stereocenters. The number of halogens is 1. The van der Waals surface area contributed by atoms with Crippen molar-refractivity contribution in [2.45, 2.75) is 32.2 Å². The van der Waals surface area contributed by atoms with Crippen molar-refractivity contribution in [3.8, 4) is 0 Å². The van der Waals surface area contributed by atoms with Gasteiger partial charge in [0, 0.05) is 30.6 Å². The van der Waals surface area contributed by atoms with Gasteiger partial charge >= 0.3 is 0 Å². The Balaban J connectivity index is 1.55. The Bertz CT molecular complexity index is 1030. The van der Waals surface area contributed by atoms with Crippen molar-refractivity contribution in [1.82, 2.24) is 20.3 Å². The van der Waals surface area contributed by atoms with E-state index in [0.717, 1.165) is 37.0 Å². The lowest BCUT2D eigenvalue weighted by Gasteiger charge is -2.22. The van der Waals surface area contributed by atoms with E-state index in [1.54, 1.807) is 12.1 Å². The molecule has 1 saturated heterocycles. The number of hydrogen-bond acceptors (Lipinski definition) is 5. The largest absolute Gasteiger partial charge is 0.366 e. The second-order valence-electron chi connectivity index (χ2n) is 6.98. The number of pyridine rings is 1. The van der Waals surface area contributed by atoms with Gasteiger partial charge in [0.2, 0.25) is 0 Å². The third-order valence-electron chi connectivity index (χ3n) is 4.92. The van der Waals surface area contributed by atoms with Crippen LogP contribution < -0.4 is 16.2 Å². The van der Waals surface area contributed by atoms with Crippen LogP contribution >= 0.6 is 0 Å². The van der Waals surface area contributed by atoms with E-state index in [2.05, 4.69) is 25.6 Å². The molecule has 3 aromatic rings. The van der Waals surface area contributed by atoms with E-state index in [-0.39, 0.29) is 11.4 Å². The minimum absolute atomic E-state index is 0.233. The zero-order chi connectivity index (χ0) is 18.8. The van der Waals surface area contributed by atoms with Gasteiger partial charge in [-0.3, -0.25) is 4.79 Å². The Labute approximate surface area is 156 Å². The molecule has 4 rings (SSSR count). The van der Waals surface area contributed by atoms with E-state index < -0.39 is 0 Å². The molecule has 0 spiro atoms. The highest BCUT2D eigenvalue weighted by Crippen LogP contribution is 2.23. The second kappa shape index (κ2) is 7.44. The van der Waals surface area contributed by atoms with Crippen LogP contribution in [0.4, 0.5) is 10.2 Å². The van der Waals surface area contributed by atoms with Crippen molar-refractivity contribution >= 4 is 16.7 Å². The van der Waals surface area contributed by atoms with Crippen molar-refractivity contribution in [2.24, 2.45) is 0 Å². The maximum absolute atomic E-state index is 13.3. The van der Waals surface area contributed by atoms with Crippen molar-refractivity contribution < 1.29 is 4.39 Å². The van der Waals surface area contributed by atoms with Crippen LogP contribution in [-0.4, -0.2) is 28.0 Å². The van der Waals surface area contributed by atoms with Crippen LogP contribution in [-0.2, 0) is 6.54 Å². The lowest BCUT2D eigenvalue weighted by molar-refractivity contribution is 0.453. The van der Waals surface area contributed by atoms with Crippen LogP contribution in [0, 0.1) is 12.7 Å². The molecule has 3 N–H and O–H groups in total. The SMILES string of the molecule is Cc1nc(NCc2cc3ccc(F)cc3[nH]c2=O)cc(C2CCCNC2)n1. The Morgan fingerprint density at radius 3 is 2.96 bits per heavy atom. The summed E-state index contributed by atoms with van der Waals surface area (Å²) >= 11 is 0. The van der Waals surface area contributed by atoms with Gasteiger partial charge < -0.3 is 15.6 Å². The first-order chi connectivity index (χ1) is 13.1. The van der Waals surface area contributed by atoms with Gasteiger partial charge in [0.15, 0.2) is 0 Å². The van der Waals surface area contributed by atoms with Crippen LogP contribution in [0.1, 0.15) is 35.8 Å². The first kappa shape index (κ1) is 17.6. The van der Waals surface area contributed by atoms with Crippen LogP contribution in [0.5, 0.6) is 0 Å². The summed E-state index contributed by atoms with van der Waals surface area (Å²) in [4.78, 5) is 24.0. The van der Waals surface area contributed by atoms with Gasteiger partial charge in [-0.1, -0.05) is 0 Å². The Kier molecular flexibility index (Phi) is 4.85. The number of piperidine rings is 1. The van der Waals surface area contributed by atoms with E-state index in [0.29, 0.717) is 35.2 Å². The quantitative estimate of drug-likeness (QED) is 0.661. The molecule has 1 aliphatic rings. The monoisotopic (exact) mass is 367 g/mol. The number of aryl methyl sites for hydroxylation is 1. The molecule has 1 atom stereocenters. The second-order valence-corrected chi connectivity index (χ2v) is 6.98. The summed E-state index contributed by atoms with van der Waals surface area (Å²) in [6, 6.07) is 8.12. The fourth-order valence-electron chi connectivity index (χ4n) is 3.53. The van der Waals surface area contributed by atoms with Crippen LogP contribution in [0.15, 0.2) is 35.1 Å². The van der Waals surface area contributed by atoms with Gasteiger partial charge in [0.25, 0.3) is 5.56 Å². The maximum Gasteiger partial charge on any atom is 0.253 e. The number of benzene rings is 1. The van der Waals surface area contributed by atoms with Gasteiger partial charge in [-0.25, -0.2) is 14.4 Å². The molecule has 1 fully saturated rings. The van der Waals surface area contributed by atoms with Crippen molar-refractivity contribution in [3.63, 3.8) is 0 Å². The smallest absolute Gasteiger partial charge is 0.253 e. The average Bonchev–Trinajstić information content (AvgIpc) is 2.66. The molecule has 0 amide bonds. The number of nitrogens with zero attached hydrogens (tertiary/aromatic N) is 2. The Hall–Kier alpha value is -2.80. The lowest BCUT2D eigenvalue weighted by Crippen LogP contribution is -2.29. The van der Waals surface area contributed by atoms with Gasteiger partial charge in [-0.15, -0.1) is 0 Å². The number of aromatic amines is 1. The van der Waals surface area contributed by atoms with E-state index in [9.17, 15) is 9.18 Å². The molecule has 6 nitrogen and oxygen atoms in total. The highest BCUT2D eigenvalue weighted by molar-refractivity contribution is 5.78. The zero-order valence-electron chi connectivity index (χ0n) is 15.2. The molecule has 140 valence electrons.